The van der Waals surface area contributed by atoms with Gasteiger partial charge in [0.1, 0.15) is 23.9 Å². The number of aromatic hydroxyl groups is 1. The molecule has 9 N–H and O–H groups in total. The van der Waals surface area contributed by atoms with Crippen LogP contribution in [0.3, 0.4) is 0 Å². The highest BCUT2D eigenvalue weighted by atomic mass is 32.2. The lowest BCUT2D eigenvalue weighted by atomic mass is 10.0. The number of thioether (sulfide) groups is 1. The molecular formula is C37H62N6O7S. The van der Waals surface area contributed by atoms with E-state index in [1.807, 2.05) is 6.26 Å². The van der Waals surface area contributed by atoms with Crippen molar-refractivity contribution in [3.63, 3.8) is 0 Å². The zero-order valence-corrected chi connectivity index (χ0v) is 31.5. The lowest BCUT2D eigenvalue weighted by Crippen LogP contribution is -2.55. The number of hydrogen-bond donors (Lipinski definition) is 7. The summed E-state index contributed by atoms with van der Waals surface area (Å²) in [6.45, 7) is 1.77. The van der Waals surface area contributed by atoms with E-state index in [0.717, 1.165) is 25.7 Å². The van der Waals surface area contributed by atoms with E-state index in [2.05, 4.69) is 28.2 Å². The van der Waals surface area contributed by atoms with Crippen molar-refractivity contribution in [2.24, 2.45) is 11.5 Å². The van der Waals surface area contributed by atoms with Gasteiger partial charge in [-0.2, -0.15) is 11.8 Å². The Hall–Kier alpha value is -3.81. The van der Waals surface area contributed by atoms with E-state index in [4.69, 9.17) is 11.5 Å². The minimum atomic E-state index is -1.20. The number of primary amides is 2. The first kappa shape index (κ1) is 45.2. The largest absolute Gasteiger partial charge is 0.508 e. The number of benzene rings is 1. The van der Waals surface area contributed by atoms with E-state index in [-0.39, 0.29) is 30.9 Å². The van der Waals surface area contributed by atoms with Gasteiger partial charge in [-0.15, -0.1) is 0 Å². The molecule has 0 aromatic heterocycles. The average molecular weight is 735 g/mol. The van der Waals surface area contributed by atoms with E-state index < -0.39 is 54.2 Å². The van der Waals surface area contributed by atoms with Crippen LogP contribution in [-0.2, 0) is 35.2 Å². The number of rotatable bonds is 30. The van der Waals surface area contributed by atoms with E-state index in [0.29, 0.717) is 24.2 Å². The number of carbonyl (C=O) groups is 6. The zero-order chi connectivity index (χ0) is 37.9. The van der Waals surface area contributed by atoms with Gasteiger partial charge in [-0.25, -0.2) is 0 Å². The predicted octanol–water partition coefficient (Wildman–Crippen LogP) is 3.49. The van der Waals surface area contributed by atoms with Gasteiger partial charge >= 0.3 is 0 Å². The molecule has 0 saturated carbocycles. The summed E-state index contributed by atoms with van der Waals surface area (Å²) in [5.41, 5.74) is 11.2. The van der Waals surface area contributed by atoms with Crippen LogP contribution in [0.25, 0.3) is 0 Å². The van der Waals surface area contributed by atoms with Crippen molar-refractivity contribution in [1.29, 1.82) is 0 Å². The summed E-state index contributed by atoms with van der Waals surface area (Å²) in [5.74, 6) is -3.07. The fraction of sp³-hybridized carbons (Fsp3) is 0.676. The third-order valence-corrected chi connectivity index (χ3v) is 9.20. The summed E-state index contributed by atoms with van der Waals surface area (Å²) < 4.78 is 0. The molecule has 288 valence electrons. The van der Waals surface area contributed by atoms with Crippen LogP contribution >= 0.6 is 11.8 Å². The average Bonchev–Trinajstić information content (AvgIpc) is 3.09. The lowest BCUT2D eigenvalue weighted by Gasteiger charge is -2.22. The van der Waals surface area contributed by atoms with Gasteiger partial charge in [0.05, 0.1) is 6.54 Å². The Morgan fingerprint density at radius 3 is 1.75 bits per heavy atom. The fourth-order valence-corrected chi connectivity index (χ4v) is 6.00. The van der Waals surface area contributed by atoms with Crippen LogP contribution in [-0.4, -0.2) is 77.2 Å². The second kappa shape index (κ2) is 27.9. The highest BCUT2D eigenvalue weighted by molar-refractivity contribution is 7.98. The maximum absolute atomic E-state index is 13.2. The third-order valence-electron chi connectivity index (χ3n) is 8.56. The Labute approximate surface area is 308 Å². The first-order chi connectivity index (χ1) is 24.5. The molecule has 0 unspecified atom stereocenters. The molecule has 3 atom stereocenters. The van der Waals surface area contributed by atoms with Gasteiger partial charge in [0.2, 0.25) is 35.4 Å². The van der Waals surface area contributed by atoms with Crippen LogP contribution in [0.1, 0.15) is 122 Å². The van der Waals surface area contributed by atoms with E-state index in [1.54, 1.807) is 12.1 Å². The van der Waals surface area contributed by atoms with Crippen molar-refractivity contribution in [1.82, 2.24) is 21.3 Å². The van der Waals surface area contributed by atoms with Gasteiger partial charge in [-0.05, 0) is 49.0 Å². The Morgan fingerprint density at radius 1 is 0.667 bits per heavy atom. The van der Waals surface area contributed by atoms with Crippen molar-refractivity contribution >= 4 is 47.2 Å². The number of hydrogen-bond acceptors (Lipinski definition) is 8. The SMILES string of the molecule is CCCCCCCCCCCCCCCC(=O)N[C@@H](CCSC)C(=O)NCC(=O)N[C@@H](Cc1ccc(O)cc1)C(=O)N[C@@H](CCC(N)=O)C(N)=O. The number of nitrogens with one attached hydrogen (secondary N) is 4. The minimum Gasteiger partial charge on any atom is -0.508 e. The van der Waals surface area contributed by atoms with Crippen molar-refractivity contribution in [2.75, 3.05) is 18.6 Å². The molecule has 0 fully saturated rings. The monoisotopic (exact) mass is 734 g/mol. The summed E-state index contributed by atoms with van der Waals surface area (Å²) in [4.78, 5) is 75.0. The van der Waals surface area contributed by atoms with E-state index in [9.17, 15) is 33.9 Å². The highest BCUT2D eigenvalue weighted by Crippen LogP contribution is 2.14. The first-order valence-corrected chi connectivity index (χ1v) is 19.9. The van der Waals surface area contributed by atoms with Crippen LogP contribution in [0.2, 0.25) is 0 Å². The zero-order valence-electron chi connectivity index (χ0n) is 30.6. The Kier molecular flexibility index (Phi) is 24.7. The second-order valence-corrected chi connectivity index (χ2v) is 14.1. The summed E-state index contributed by atoms with van der Waals surface area (Å²) in [6.07, 6.45) is 18.0. The molecule has 1 aromatic carbocycles. The standard InChI is InChI=1S/C37H62N6O7S/c1-3-4-5-6-7-8-9-10-11-12-13-14-15-16-33(46)41-30(23-24-51-2)36(49)40-26-34(47)42-31(25-27-17-19-28(44)20-18-27)37(50)43-29(35(39)48)21-22-32(38)45/h17-20,29-31,44H,3-16,21-26H2,1-2H3,(H2,38,45)(H2,39,48)(H,40,49)(H,41,46)(H,42,47)(H,43,50)/t29-,30-,31-/m0/s1. The van der Waals surface area contributed by atoms with Gasteiger partial charge in [0.15, 0.2) is 0 Å². The van der Waals surface area contributed by atoms with E-state index >= 15 is 0 Å². The van der Waals surface area contributed by atoms with Gasteiger partial charge in [-0.1, -0.05) is 96.1 Å². The molecule has 0 spiro atoms. The highest BCUT2D eigenvalue weighted by Gasteiger charge is 2.27. The molecule has 0 heterocycles. The van der Waals surface area contributed by atoms with Crippen molar-refractivity contribution in [3.8, 4) is 5.75 Å². The molecule has 1 rings (SSSR count). The summed E-state index contributed by atoms with van der Waals surface area (Å²) >= 11 is 1.53. The van der Waals surface area contributed by atoms with Crippen LogP contribution < -0.4 is 32.7 Å². The van der Waals surface area contributed by atoms with Gasteiger partial charge in [0, 0.05) is 19.3 Å². The molecule has 13 nitrogen and oxygen atoms in total. The van der Waals surface area contributed by atoms with Crippen LogP contribution in [0, 0.1) is 0 Å². The number of carbonyl (C=O) groups excluding carboxylic acids is 6. The molecule has 14 heteroatoms. The first-order valence-electron chi connectivity index (χ1n) is 18.5. The maximum atomic E-state index is 13.2. The van der Waals surface area contributed by atoms with Gasteiger partial charge < -0.3 is 37.8 Å². The van der Waals surface area contributed by atoms with Gasteiger partial charge in [-0.3, -0.25) is 28.8 Å². The molecule has 1 aromatic rings. The molecule has 0 radical (unpaired) electrons. The topological polar surface area (TPSA) is 223 Å². The predicted molar refractivity (Wildman–Crippen MR) is 202 cm³/mol. The Bertz CT molecular complexity index is 1200. The second-order valence-electron chi connectivity index (χ2n) is 13.1. The van der Waals surface area contributed by atoms with E-state index in [1.165, 1.54) is 81.7 Å². The van der Waals surface area contributed by atoms with Crippen molar-refractivity contribution in [3.05, 3.63) is 29.8 Å². The third kappa shape index (κ3) is 22.6. The molecule has 0 saturated heterocycles. The number of phenolic OH excluding ortho intramolecular Hbond substituents is 1. The van der Waals surface area contributed by atoms with Crippen LogP contribution in [0.15, 0.2) is 24.3 Å². The summed E-state index contributed by atoms with van der Waals surface area (Å²) in [5, 5.41) is 20.0. The molecule has 0 aliphatic heterocycles. The minimum absolute atomic E-state index is 0.0132. The van der Waals surface area contributed by atoms with Crippen LogP contribution in [0.5, 0.6) is 5.75 Å². The molecular weight excluding hydrogens is 673 g/mol. The Balaban J connectivity index is 2.61. The molecule has 0 aliphatic carbocycles. The van der Waals surface area contributed by atoms with Crippen molar-refractivity contribution in [2.45, 2.75) is 141 Å². The number of unbranched alkanes of at least 4 members (excludes halogenated alkanes) is 12. The molecule has 6 amide bonds. The lowest BCUT2D eigenvalue weighted by molar-refractivity contribution is -0.132. The number of phenols is 1. The van der Waals surface area contributed by atoms with Crippen LogP contribution in [0.4, 0.5) is 0 Å². The molecule has 0 bridgehead atoms. The quantitative estimate of drug-likeness (QED) is 0.0578. The smallest absolute Gasteiger partial charge is 0.243 e. The number of nitrogens with two attached hydrogens (primary N) is 2. The number of amides is 6. The fourth-order valence-electron chi connectivity index (χ4n) is 5.53. The maximum Gasteiger partial charge on any atom is 0.243 e. The normalized spacial score (nSPS) is 12.7. The van der Waals surface area contributed by atoms with Crippen molar-refractivity contribution < 1.29 is 33.9 Å². The summed E-state index contributed by atoms with van der Waals surface area (Å²) in [7, 11) is 0. The molecule has 0 aliphatic rings. The summed E-state index contributed by atoms with van der Waals surface area (Å²) in [6, 6.07) is 2.77. The van der Waals surface area contributed by atoms with Gasteiger partial charge in [0.25, 0.3) is 0 Å². The molecule has 51 heavy (non-hydrogen) atoms. The Morgan fingerprint density at radius 2 is 1.22 bits per heavy atom.